The Labute approximate surface area is 107 Å². The Morgan fingerprint density at radius 2 is 2.11 bits per heavy atom. The van der Waals surface area contributed by atoms with Gasteiger partial charge in [0.05, 0.1) is 0 Å². The third-order valence-corrected chi connectivity index (χ3v) is 2.28. The highest BCUT2D eigenvalue weighted by Crippen LogP contribution is 2.30. The minimum Gasteiger partial charge on any atom is -0.495 e. The highest BCUT2D eigenvalue weighted by atomic mass is 19.3. The zero-order chi connectivity index (χ0) is 14.5. The average molecular weight is 285 g/mol. The Bertz CT molecular complexity index is 358. The number of aliphatic hydroxyl groups excluding tert-OH is 1. The van der Waals surface area contributed by atoms with E-state index in [1.807, 2.05) is 0 Å². The van der Waals surface area contributed by atoms with E-state index in [0.29, 0.717) is 12.8 Å². The summed E-state index contributed by atoms with van der Waals surface area (Å²) in [4.78, 5) is 0. The largest absolute Gasteiger partial charge is 0.495 e. The molecule has 0 radical (unpaired) electrons. The molecule has 0 bridgehead atoms. The number of halogens is 4. The van der Waals surface area contributed by atoms with Crippen molar-refractivity contribution in [3.63, 3.8) is 0 Å². The number of ether oxygens (including phenoxy) is 2. The molecule has 1 aliphatic rings. The lowest BCUT2D eigenvalue weighted by Gasteiger charge is -2.21. The standard InChI is InChI=1S/C11H15F4NO3/c12-10(13)11(14,15)19-9-3-1-2-8(4-9)18-6-7(17)5-16/h3-4,7,10,17H,1-2,5-6,16H2. The van der Waals surface area contributed by atoms with Crippen LogP contribution in [0.4, 0.5) is 17.6 Å². The number of nitrogens with two attached hydrogens (primary N) is 1. The fraction of sp³-hybridized carbons (Fsp3) is 0.636. The zero-order valence-corrected chi connectivity index (χ0v) is 9.99. The molecule has 0 heterocycles. The van der Waals surface area contributed by atoms with Gasteiger partial charge in [0, 0.05) is 19.0 Å². The third kappa shape index (κ3) is 5.07. The van der Waals surface area contributed by atoms with Gasteiger partial charge in [0.2, 0.25) is 0 Å². The van der Waals surface area contributed by atoms with Crippen LogP contribution in [0.25, 0.3) is 0 Å². The van der Waals surface area contributed by atoms with E-state index in [1.54, 1.807) is 0 Å². The van der Waals surface area contributed by atoms with Crippen LogP contribution >= 0.6 is 0 Å². The van der Waals surface area contributed by atoms with Crippen LogP contribution in [0.15, 0.2) is 23.7 Å². The molecule has 0 aromatic heterocycles. The highest BCUT2D eigenvalue weighted by molar-refractivity contribution is 5.20. The van der Waals surface area contributed by atoms with E-state index in [0.717, 1.165) is 6.08 Å². The molecular weight excluding hydrogens is 270 g/mol. The van der Waals surface area contributed by atoms with E-state index in [-0.39, 0.29) is 24.7 Å². The Kier molecular flexibility index (Phi) is 5.61. The molecule has 0 spiro atoms. The van der Waals surface area contributed by atoms with Crippen molar-refractivity contribution in [1.82, 2.24) is 0 Å². The molecule has 0 amide bonds. The summed E-state index contributed by atoms with van der Waals surface area (Å²) in [5.74, 6) is -0.108. The summed E-state index contributed by atoms with van der Waals surface area (Å²) < 4.78 is 58.4. The fourth-order valence-corrected chi connectivity index (χ4v) is 1.30. The highest BCUT2D eigenvalue weighted by Gasteiger charge is 2.44. The van der Waals surface area contributed by atoms with Gasteiger partial charge in [0.1, 0.15) is 24.2 Å². The summed E-state index contributed by atoms with van der Waals surface area (Å²) in [6.45, 7) is -0.100. The molecule has 3 N–H and O–H groups in total. The maximum Gasteiger partial charge on any atom is 0.461 e. The molecule has 0 fully saturated rings. The number of aliphatic hydroxyl groups is 1. The van der Waals surface area contributed by atoms with Gasteiger partial charge in [0.25, 0.3) is 0 Å². The molecule has 1 aliphatic carbocycles. The van der Waals surface area contributed by atoms with Gasteiger partial charge in [-0.1, -0.05) is 0 Å². The summed E-state index contributed by atoms with van der Waals surface area (Å²) in [5, 5.41) is 9.17. The van der Waals surface area contributed by atoms with E-state index in [2.05, 4.69) is 4.74 Å². The van der Waals surface area contributed by atoms with E-state index in [9.17, 15) is 22.7 Å². The van der Waals surface area contributed by atoms with Gasteiger partial charge in [-0.15, -0.1) is 0 Å². The van der Waals surface area contributed by atoms with E-state index in [4.69, 9.17) is 10.5 Å². The minimum absolute atomic E-state index is 0.00404. The van der Waals surface area contributed by atoms with Crippen LogP contribution in [0.5, 0.6) is 0 Å². The van der Waals surface area contributed by atoms with Gasteiger partial charge in [0.15, 0.2) is 0 Å². The van der Waals surface area contributed by atoms with Gasteiger partial charge in [-0.2, -0.15) is 17.6 Å². The van der Waals surface area contributed by atoms with Crippen LogP contribution in [0.1, 0.15) is 12.8 Å². The topological polar surface area (TPSA) is 64.7 Å². The maximum absolute atomic E-state index is 12.7. The Hall–Kier alpha value is -1.28. The predicted molar refractivity (Wildman–Crippen MR) is 58.4 cm³/mol. The Morgan fingerprint density at radius 3 is 2.68 bits per heavy atom. The second-order valence-electron chi connectivity index (χ2n) is 3.92. The van der Waals surface area contributed by atoms with Crippen molar-refractivity contribution >= 4 is 0 Å². The van der Waals surface area contributed by atoms with Crippen LogP contribution < -0.4 is 5.73 Å². The van der Waals surface area contributed by atoms with Gasteiger partial charge in [-0.3, -0.25) is 0 Å². The summed E-state index contributed by atoms with van der Waals surface area (Å²) in [6, 6.07) is 0. The molecule has 0 saturated carbocycles. The van der Waals surface area contributed by atoms with Crippen molar-refractivity contribution in [2.24, 2.45) is 5.73 Å². The third-order valence-electron chi connectivity index (χ3n) is 2.28. The van der Waals surface area contributed by atoms with Crippen molar-refractivity contribution in [2.75, 3.05) is 13.2 Å². The number of hydrogen-bond acceptors (Lipinski definition) is 4. The lowest BCUT2D eigenvalue weighted by molar-refractivity contribution is -0.280. The Balaban J connectivity index is 2.57. The van der Waals surface area contributed by atoms with E-state index < -0.39 is 18.6 Å². The normalized spacial score (nSPS) is 17.8. The predicted octanol–water partition coefficient (Wildman–Crippen LogP) is 1.76. The van der Waals surface area contributed by atoms with Crippen molar-refractivity contribution in [2.45, 2.75) is 31.5 Å². The zero-order valence-electron chi connectivity index (χ0n) is 9.99. The molecule has 0 aromatic rings. The molecule has 4 nitrogen and oxygen atoms in total. The first-order valence-corrected chi connectivity index (χ1v) is 5.61. The molecule has 8 heteroatoms. The lowest BCUT2D eigenvalue weighted by Crippen LogP contribution is -2.30. The van der Waals surface area contributed by atoms with Gasteiger partial charge in [-0.05, 0) is 12.5 Å². The number of rotatable bonds is 7. The van der Waals surface area contributed by atoms with Crippen molar-refractivity contribution in [3.8, 4) is 0 Å². The second-order valence-corrected chi connectivity index (χ2v) is 3.92. The maximum atomic E-state index is 12.7. The fourth-order valence-electron chi connectivity index (χ4n) is 1.30. The summed E-state index contributed by atoms with van der Waals surface area (Å²) in [6.07, 6.45) is -6.23. The molecule has 0 aliphatic heterocycles. The van der Waals surface area contributed by atoms with Crippen molar-refractivity contribution in [3.05, 3.63) is 23.7 Å². The van der Waals surface area contributed by atoms with Crippen LogP contribution in [0, 0.1) is 0 Å². The van der Waals surface area contributed by atoms with Gasteiger partial charge in [-0.25, -0.2) is 0 Å². The summed E-state index contributed by atoms with van der Waals surface area (Å²) in [7, 11) is 0. The van der Waals surface area contributed by atoms with Crippen LogP contribution in [-0.4, -0.2) is 36.9 Å². The number of alkyl halides is 4. The van der Waals surface area contributed by atoms with Crippen LogP contribution in [0.2, 0.25) is 0 Å². The Morgan fingerprint density at radius 1 is 1.42 bits per heavy atom. The molecule has 1 rings (SSSR count). The molecule has 110 valence electrons. The quantitative estimate of drug-likeness (QED) is 0.700. The van der Waals surface area contributed by atoms with Crippen LogP contribution in [-0.2, 0) is 9.47 Å². The SMILES string of the molecule is NCC(O)COC1=CC(OC(F)(F)C(F)F)=CCC1. The van der Waals surface area contributed by atoms with Crippen molar-refractivity contribution < 1.29 is 32.1 Å². The summed E-state index contributed by atoms with van der Waals surface area (Å²) >= 11 is 0. The molecule has 0 aromatic carbocycles. The molecular formula is C11H15F4NO3. The van der Waals surface area contributed by atoms with Crippen LogP contribution in [0.3, 0.4) is 0 Å². The smallest absolute Gasteiger partial charge is 0.461 e. The first-order valence-electron chi connectivity index (χ1n) is 5.61. The molecule has 19 heavy (non-hydrogen) atoms. The minimum atomic E-state index is -4.54. The monoisotopic (exact) mass is 285 g/mol. The van der Waals surface area contributed by atoms with Gasteiger partial charge < -0.3 is 20.3 Å². The van der Waals surface area contributed by atoms with E-state index >= 15 is 0 Å². The molecule has 1 unspecified atom stereocenters. The molecule has 0 saturated heterocycles. The van der Waals surface area contributed by atoms with Crippen molar-refractivity contribution in [1.29, 1.82) is 0 Å². The number of allylic oxidation sites excluding steroid dienone is 3. The first-order chi connectivity index (χ1) is 8.85. The lowest BCUT2D eigenvalue weighted by atomic mass is 10.1. The summed E-state index contributed by atoms with van der Waals surface area (Å²) in [5.41, 5.74) is 5.16. The van der Waals surface area contributed by atoms with E-state index in [1.165, 1.54) is 6.08 Å². The second kappa shape index (κ2) is 6.76. The molecule has 1 atom stereocenters. The van der Waals surface area contributed by atoms with Gasteiger partial charge >= 0.3 is 12.5 Å². The average Bonchev–Trinajstić information content (AvgIpc) is 2.35. The number of hydrogen-bond donors (Lipinski definition) is 2. The first kappa shape index (κ1) is 15.8.